The molecule has 1 aliphatic rings. The third-order valence-corrected chi connectivity index (χ3v) is 4.58. The van der Waals surface area contributed by atoms with Gasteiger partial charge < -0.3 is 20.7 Å². The lowest BCUT2D eigenvalue weighted by atomic mass is 9.99. The molecule has 2 atom stereocenters. The van der Waals surface area contributed by atoms with E-state index in [4.69, 9.17) is 10.5 Å². The summed E-state index contributed by atoms with van der Waals surface area (Å²) in [7, 11) is 1.58. The van der Waals surface area contributed by atoms with Crippen molar-refractivity contribution in [1.82, 2.24) is 4.90 Å². The summed E-state index contributed by atoms with van der Waals surface area (Å²) in [6, 6.07) is 7.25. The van der Waals surface area contributed by atoms with Gasteiger partial charge >= 0.3 is 0 Å². The van der Waals surface area contributed by atoms with Crippen molar-refractivity contribution in [1.29, 1.82) is 0 Å². The fourth-order valence-electron chi connectivity index (χ4n) is 3.12. The van der Waals surface area contributed by atoms with Gasteiger partial charge in [-0.15, -0.1) is 12.4 Å². The number of carbonyl (C=O) groups is 2. The smallest absolute Gasteiger partial charge is 0.243 e. The second-order valence-electron chi connectivity index (χ2n) is 6.25. The van der Waals surface area contributed by atoms with E-state index in [-0.39, 0.29) is 42.7 Å². The fraction of sp³-hybridized carbons (Fsp3) is 0.556. The molecule has 7 heteroatoms. The van der Waals surface area contributed by atoms with E-state index in [1.54, 1.807) is 30.2 Å². The van der Waals surface area contributed by atoms with Crippen LogP contribution in [0.5, 0.6) is 5.75 Å². The van der Waals surface area contributed by atoms with Crippen LogP contribution in [-0.2, 0) is 9.59 Å². The van der Waals surface area contributed by atoms with Gasteiger partial charge in [-0.25, -0.2) is 0 Å². The number of hydrogen-bond donors (Lipinski definition) is 2. The van der Waals surface area contributed by atoms with Crippen molar-refractivity contribution >= 4 is 29.9 Å². The average molecular weight is 370 g/mol. The molecule has 25 heavy (non-hydrogen) atoms. The lowest BCUT2D eigenvalue weighted by Gasteiger charge is -2.23. The summed E-state index contributed by atoms with van der Waals surface area (Å²) in [5.74, 6) is 0.703. The molecule has 0 bridgehead atoms. The molecule has 0 saturated heterocycles. The highest BCUT2D eigenvalue weighted by molar-refractivity contribution is 5.94. The maximum absolute atomic E-state index is 12.4. The molecule has 1 saturated carbocycles. The van der Waals surface area contributed by atoms with Gasteiger partial charge in [-0.05, 0) is 37.8 Å². The van der Waals surface area contributed by atoms with Crippen LogP contribution in [0.25, 0.3) is 0 Å². The third-order valence-electron chi connectivity index (χ3n) is 4.58. The van der Waals surface area contributed by atoms with Gasteiger partial charge in [0.2, 0.25) is 11.8 Å². The quantitative estimate of drug-likeness (QED) is 0.773. The Morgan fingerprint density at radius 1 is 1.36 bits per heavy atom. The molecule has 140 valence electrons. The van der Waals surface area contributed by atoms with E-state index in [9.17, 15) is 9.59 Å². The van der Waals surface area contributed by atoms with E-state index in [0.717, 1.165) is 19.3 Å². The number of methoxy groups -OCH3 is 1. The molecule has 0 spiro atoms. The van der Waals surface area contributed by atoms with E-state index in [2.05, 4.69) is 5.32 Å². The summed E-state index contributed by atoms with van der Waals surface area (Å²) in [6.07, 6.45) is 3.50. The van der Waals surface area contributed by atoms with Gasteiger partial charge in [-0.3, -0.25) is 9.59 Å². The van der Waals surface area contributed by atoms with Crippen LogP contribution in [0.1, 0.15) is 32.6 Å². The van der Waals surface area contributed by atoms with Gasteiger partial charge in [0.25, 0.3) is 0 Å². The molecule has 0 unspecified atom stereocenters. The average Bonchev–Trinajstić information content (AvgIpc) is 2.97. The van der Waals surface area contributed by atoms with Crippen molar-refractivity contribution in [2.24, 2.45) is 11.7 Å². The first-order chi connectivity index (χ1) is 11.5. The molecule has 2 amide bonds. The molecular weight excluding hydrogens is 342 g/mol. The van der Waals surface area contributed by atoms with Crippen LogP contribution in [0.3, 0.4) is 0 Å². The number of hydrogen-bond acceptors (Lipinski definition) is 4. The highest BCUT2D eigenvalue weighted by Gasteiger charge is 2.28. The number of nitrogens with two attached hydrogens (primary N) is 1. The van der Waals surface area contributed by atoms with E-state index >= 15 is 0 Å². The zero-order valence-electron chi connectivity index (χ0n) is 14.9. The maximum atomic E-state index is 12.4. The minimum atomic E-state index is -0.214. The lowest BCUT2D eigenvalue weighted by Crippen LogP contribution is -2.40. The molecule has 1 aromatic rings. The number of benzene rings is 1. The number of rotatable bonds is 7. The zero-order chi connectivity index (χ0) is 17.5. The number of amides is 2. The van der Waals surface area contributed by atoms with Crippen LogP contribution in [0.4, 0.5) is 5.69 Å². The maximum Gasteiger partial charge on any atom is 0.243 e. The molecule has 0 aliphatic heterocycles. The number of carbonyl (C=O) groups excluding carboxylic acids is 2. The second kappa shape index (κ2) is 10.3. The summed E-state index contributed by atoms with van der Waals surface area (Å²) in [5, 5.41) is 2.80. The highest BCUT2D eigenvalue weighted by Crippen LogP contribution is 2.27. The summed E-state index contributed by atoms with van der Waals surface area (Å²) in [6.45, 7) is 2.44. The second-order valence-corrected chi connectivity index (χ2v) is 6.25. The number of ether oxygens (including phenoxy) is 1. The lowest BCUT2D eigenvalue weighted by molar-refractivity contribution is -0.135. The van der Waals surface area contributed by atoms with Gasteiger partial charge in [-0.1, -0.05) is 12.5 Å². The Kier molecular flexibility index (Phi) is 8.72. The number of halogens is 1. The highest BCUT2D eigenvalue weighted by atomic mass is 35.5. The Hall–Kier alpha value is -1.79. The Labute approximate surface area is 155 Å². The topological polar surface area (TPSA) is 84.7 Å². The van der Waals surface area contributed by atoms with Crippen LogP contribution < -0.4 is 15.8 Å². The largest absolute Gasteiger partial charge is 0.497 e. The molecule has 6 nitrogen and oxygen atoms in total. The van der Waals surface area contributed by atoms with Crippen molar-refractivity contribution < 1.29 is 14.3 Å². The molecule has 1 aliphatic carbocycles. The summed E-state index contributed by atoms with van der Waals surface area (Å²) < 4.78 is 5.13. The number of likely N-dealkylation sites (N-methyl/N-ethyl adjacent to an activating group) is 1. The predicted molar refractivity (Wildman–Crippen MR) is 101 cm³/mol. The number of nitrogens with zero attached hydrogens (tertiary/aromatic N) is 1. The van der Waals surface area contributed by atoms with Gasteiger partial charge in [-0.2, -0.15) is 0 Å². The van der Waals surface area contributed by atoms with Crippen LogP contribution in [0.15, 0.2) is 24.3 Å². The van der Waals surface area contributed by atoms with Gasteiger partial charge in [0.15, 0.2) is 0 Å². The first kappa shape index (κ1) is 21.3. The fourth-order valence-corrected chi connectivity index (χ4v) is 3.12. The molecule has 0 radical (unpaired) electrons. The molecule has 1 aromatic carbocycles. The van der Waals surface area contributed by atoms with Crippen molar-refractivity contribution in [3.8, 4) is 5.75 Å². The standard InChI is InChI=1S/C18H27N3O3.ClH/c1-3-21(18(23)10-13-6-4-9-16(13)19)12-17(22)20-14-7-5-8-15(11-14)24-2;/h5,7-8,11,13,16H,3-4,6,9-10,12,19H2,1-2H3,(H,20,22);1H/t13-,16+;/m0./s1. The molecule has 0 aromatic heterocycles. The van der Waals surface area contributed by atoms with Gasteiger partial charge in [0, 0.05) is 30.8 Å². The zero-order valence-corrected chi connectivity index (χ0v) is 15.7. The summed E-state index contributed by atoms with van der Waals surface area (Å²) in [4.78, 5) is 26.2. The number of nitrogens with one attached hydrogen (secondary N) is 1. The van der Waals surface area contributed by atoms with Crippen molar-refractivity contribution in [2.75, 3.05) is 25.5 Å². The molecule has 3 N–H and O–H groups in total. The Morgan fingerprint density at radius 3 is 2.72 bits per heavy atom. The Balaban J connectivity index is 0.00000312. The molecule has 0 heterocycles. The molecular formula is C18H28ClN3O3. The minimum Gasteiger partial charge on any atom is -0.497 e. The van der Waals surface area contributed by atoms with Crippen LogP contribution >= 0.6 is 12.4 Å². The van der Waals surface area contributed by atoms with E-state index in [0.29, 0.717) is 24.4 Å². The molecule has 1 fully saturated rings. The van der Waals surface area contributed by atoms with E-state index in [1.165, 1.54) is 0 Å². The van der Waals surface area contributed by atoms with Crippen molar-refractivity contribution in [3.05, 3.63) is 24.3 Å². The third kappa shape index (κ3) is 6.21. The van der Waals surface area contributed by atoms with Gasteiger partial charge in [0.1, 0.15) is 5.75 Å². The first-order valence-corrected chi connectivity index (χ1v) is 8.50. The summed E-state index contributed by atoms with van der Waals surface area (Å²) in [5.41, 5.74) is 6.69. The van der Waals surface area contributed by atoms with Gasteiger partial charge in [0.05, 0.1) is 13.7 Å². The number of anilines is 1. The normalized spacial score (nSPS) is 19.0. The SMILES string of the molecule is CCN(CC(=O)Nc1cccc(OC)c1)C(=O)C[C@@H]1CCC[C@H]1N.Cl. The predicted octanol–water partition coefficient (Wildman–Crippen LogP) is 2.42. The Morgan fingerprint density at radius 2 is 2.12 bits per heavy atom. The minimum absolute atomic E-state index is 0. The van der Waals surface area contributed by atoms with E-state index in [1.807, 2.05) is 13.0 Å². The monoisotopic (exact) mass is 369 g/mol. The van der Waals surface area contributed by atoms with Crippen molar-refractivity contribution in [3.63, 3.8) is 0 Å². The summed E-state index contributed by atoms with van der Waals surface area (Å²) >= 11 is 0. The first-order valence-electron chi connectivity index (χ1n) is 8.50. The van der Waals surface area contributed by atoms with Crippen molar-refractivity contribution in [2.45, 2.75) is 38.6 Å². The van der Waals surface area contributed by atoms with Crippen LogP contribution in [-0.4, -0.2) is 43.0 Å². The van der Waals surface area contributed by atoms with Crippen LogP contribution in [0.2, 0.25) is 0 Å². The molecule has 2 rings (SSSR count). The van der Waals surface area contributed by atoms with Crippen LogP contribution in [0, 0.1) is 5.92 Å². The van der Waals surface area contributed by atoms with E-state index < -0.39 is 0 Å². The Bertz CT molecular complexity index is 582.